The molecule has 1 aliphatic heterocycles. The summed E-state index contributed by atoms with van der Waals surface area (Å²) in [6.45, 7) is 1.88. The predicted octanol–water partition coefficient (Wildman–Crippen LogP) is 2.62. The SMILES string of the molecule is Cl.Fc1cccc(C2=CCCNC2)c1. The van der Waals surface area contributed by atoms with Crippen LogP contribution in [0.5, 0.6) is 0 Å². The van der Waals surface area contributed by atoms with Crippen LogP contribution in [-0.4, -0.2) is 13.1 Å². The van der Waals surface area contributed by atoms with E-state index in [2.05, 4.69) is 11.4 Å². The first kappa shape index (κ1) is 11.2. The van der Waals surface area contributed by atoms with Gasteiger partial charge < -0.3 is 5.32 Å². The van der Waals surface area contributed by atoms with E-state index in [-0.39, 0.29) is 18.2 Å². The molecular formula is C11H13ClFN. The van der Waals surface area contributed by atoms with Crippen molar-refractivity contribution in [1.82, 2.24) is 5.32 Å². The molecule has 0 amide bonds. The van der Waals surface area contributed by atoms with Crippen LogP contribution in [0.3, 0.4) is 0 Å². The lowest BCUT2D eigenvalue weighted by Crippen LogP contribution is -2.21. The summed E-state index contributed by atoms with van der Waals surface area (Å²) in [6, 6.07) is 6.75. The van der Waals surface area contributed by atoms with E-state index >= 15 is 0 Å². The standard InChI is InChI=1S/C11H12FN.ClH/c12-11-5-1-3-9(7-11)10-4-2-6-13-8-10;/h1,3-5,7,13H,2,6,8H2;1H. The van der Waals surface area contributed by atoms with Crippen molar-refractivity contribution >= 4 is 18.0 Å². The molecule has 1 N–H and O–H groups in total. The fraction of sp³-hybridized carbons (Fsp3) is 0.273. The minimum Gasteiger partial charge on any atom is -0.312 e. The minimum absolute atomic E-state index is 0. The Morgan fingerprint density at radius 2 is 2.14 bits per heavy atom. The molecule has 0 radical (unpaired) electrons. The van der Waals surface area contributed by atoms with Gasteiger partial charge in [-0.1, -0.05) is 18.2 Å². The highest BCUT2D eigenvalue weighted by Gasteiger charge is 2.05. The van der Waals surface area contributed by atoms with Crippen molar-refractivity contribution in [3.63, 3.8) is 0 Å². The van der Waals surface area contributed by atoms with Gasteiger partial charge in [0.15, 0.2) is 0 Å². The molecule has 1 nitrogen and oxygen atoms in total. The van der Waals surface area contributed by atoms with Gasteiger partial charge in [0.1, 0.15) is 5.82 Å². The van der Waals surface area contributed by atoms with Gasteiger partial charge in [0.05, 0.1) is 0 Å². The molecule has 76 valence electrons. The van der Waals surface area contributed by atoms with Crippen LogP contribution in [-0.2, 0) is 0 Å². The molecule has 1 heterocycles. The summed E-state index contributed by atoms with van der Waals surface area (Å²) in [4.78, 5) is 0. The molecule has 14 heavy (non-hydrogen) atoms. The van der Waals surface area contributed by atoms with E-state index in [9.17, 15) is 4.39 Å². The van der Waals surface area contributed by atoms with Crippen molar-refractivity contribution in [2.75, 3.05) is 13.1 Å². The third kappa shape index (κ3) is 2.56. The van der Waals surface area contributed by atoms with Gasteiger partial charge in [0.25, 0.3) is 0 Å². The topological polar surface area (TPSA) is 12.0 Å². The van der Waals surface area contributed by atoms with Gasteiger partial charge in [-0.3, -0.25) is 0 Å². The van der Waals surface area contributed by atoms with Crippen LogP contribution >= 0.6 is 12.4 Å². The Balaban J connectivity index is 0.000000980. The number of benzene rings is 1. The second-order valence-corrected chi connectivity index (χ2v) is 3.21. The highest BCUT2D eigenvalue weighted by atomic mass is 35.5. The molecule has 2 rings (SSSR count). The van der Waals surface area contributed by atoms with Gasteiger partial charge in [0, 0.05) is 6.54 Å². The van der Waals surface area contributed by atoms with E-state index < -0.39 is 0 Å². The van der Waals surface area contributed by atoms with Crippen molar-refractivity contribution in [3.8, 4) is 0 Å². The fourth-order valence-electron chi connectivity index (χ4n) is 1.55. The lowest BCUT2D eigenvalue weighted by Gasteiger charge is -2.14. The average molecular weight is 214 g/mol. The van der Waals surface area contributed by atoms with Gasteiger partial charge in [0.2, 0.25) is 0 Å². The second kappa shape index (κ2) is 5.13. The summed E-state index contributed by atoms with van der Waals surface area (Å²) in [5.74, 6) is -0.163. The molecule has 0 spiro atoms. The van der Waals surface area contributed by atoms with Crippen LogP contribution in [0, 0.1) is 5.82 Å². The van der Waals surface area contributed by atoms with Crippen molar-refractivity contribution in [2.45, 2.75) is 6.42 Å². The lowest BCUT2D eigenvalue weighted by molar-refractivity contribution is 0.627. The average Bonchev–Trinajstić information content (AvgIpc) is 2.19. The summed E-state index contributed by atoms with van der Waals surface area (Å²) in [5.41, 5.74) is 2.19. The predicted molar refractivity (Wildman–Crippen MR) is 59.1 cm³/mol. The van der Waals surface area contributed by atoms with E-state index in [1.165, 1.54) is 11.6 Å². The summed E-state index contributed by atoms with van der Waals surface area (Å²) in [6.07, 6.45) is 3.21. The first-order valence-electron chi connectivity index (χ1n) is 4.52. The van der Waals surface area contributed by atoms with Crippen molar-refractivity contribution in [2.24, 2.45) is 0 Å². The van der Waals surface area contributed by atoms with Gasteiger partial charge in [-0.25, -0.2) is 4.39 Å². The van der Waals surface area contributed by atoms with E-state index in [1.54, 1.807) is 12.1 Å². The summed E-state index contributed by atoms with van der Waals surface area (Å²) < 4.78 is 12.9. The number of rotatable bonds is 1. The summed E-state index contributed by atoms with van der Waals surface area (Å²) in [5, 5.41) is 3.26. The van der Waals surface area contributed by atoms with E-state index in [4.69, 9.17) is 0 Å². The molecule has 0 bridgehead atoms. The number of hydrogen-bond donors (Lipinski definition) is 1. The van der Waals surface area contributed by atoms with Crippen LogP contribution in [0.25, 0.3) is 5.57 Å². The van der Waals surface area contributed by atoms with Gasteiger partial charge in [-0.15, -0.1) is 12.4 Å². The quantitative estimate of drug-likeness (QED) is 0.756. The van der Waals surface area contributed by atoms with Crippen LogP contribution in [0.2, 0.25) is 0 Å². The first-order valence-corrected chi connectivity index (χ1v) is 4.52. The highest BCUT2D eigenvalue weighted by Crippen LogP contribution is 2.17. The Labute approximate surface area is 89.4 Å². The molecule has 1 aliphatic rings. The molecule has 1 aromatic carbocycles. The van der Waals surface area contributed by atoms with E-state index in [0.29, 0.717) is 0 Å². The zero-order chi connectivity index (χ0) is 9.10. The monoisotopic (exact) mass is 213 g/mol. The van der Waals surface area contributed by atoms with E-state index in [0.717, 1.165) is 25.1 Å². The van der Waals surface area contributed by atoms with Gasteiger partial charge >= 0.3 is 0 Å². The minimum atomic E-state index is -0.163. The maximum atomic E-state index is 12.9. The number of hydrogen-bond acceptors (Lipinski definition) is 1. The normalized spacial score (nSPS) is 15.6. The molecule has 1 aromatic rings. The second-order valence-electron chi connectivity index (χ2n) is 3.21. The number of nitrogens with one attached hydrogen (secondary N) is 1. The summed E-state index contributed by atoms with van der Waals surface area (Å²) in [7, 11) is 0. The van der Waals surface area contributed by atoms with Crippen LogP contribution in [0.15, 0.2) is 30.3 Å². The maximum absolute atomic E-state index is 12.9. The Hall–Kier alpha value is -0.860. The third-order valence-electron chi connectivity index (χ3n) is 2.22. The zero-order valence-corrected chi connectivity index (χ0v) is 8.61. The molecule has 0 aromatic heterocycles. The molecule has 0 saturated carbocycles. The van der Waals surface area contributed by atoms with E-state index in [1.807, 2.05) is 6.07 Å². The largest absolute Gasteiger partial charge is 0.312 e. The lowest BCUT2D eigenvalue weighted by atomic mass is 10.0. The molecule has 3 heteroatoms. The molecule has 0 unspecified atom stereocenters. The summed E-state index contributed by atoms with van der Waals surface area (Å²) >= 11 is 0. The van der Waals surface area contributed by atoms with Crippen LogP contribution in [0.4, 0.5) is 4.39 Å². The van der Waals surface area contributed by atoms with Gasteiger partial charge in [-0.05, 0) is 36.2 Å². The van der Waals surface area contributed by atoms with Crippen molar-refractivity contribution in [1.29, 1.82) is 0 Å². The Morgan fingerprint density at radius 3 is 2.79 bits per heavy atom. The van der Waals surface area contributed by atoms with Crippen LogP contribution < -0.4 is 5.32 Å². The molecule has 0 atom stereocenters. The molecule has 0 saturated heterocycles. The Kier molecular flexibility index (Phi) is 4.11. The Bertz CT molecular complexity index is 336. The van der Waals surface area contributed by atoms with Crippen molar-refractivity contribution in [3.05, 3.63) is 41.7 Å². The highest BCUT2D eigenvalue weighted by molar-refractivity contribution is 5.85. The third-order valence-corrected chi connectivity index (χ3v) is 2.22. The molecule has 0 fully saturated rings. The maximum Gasteiger partial charge on any atom is 0.123 e. The first-order chi connectivity index (χ1) is 6.36. The number of halogens is 2. The molecule has 0 aliphatic carbocycles. The smallest absolute Gasteiger partial charge is 0.123 e. The zero-order valence-electron chi connectivity index (χ0n) is 7.79. The van der Waals surface area contributed by atoms with Gasteiger partial charge in [-0.2, -0.15) is 0 Å². The van der Waals surface area contributed by atoms with Crippen molar-refractivity contribution < 1.29 is 4.39 Å². The molecular weight excluding hydrogens is 201 g/mol. The fourth-order valence-corrected chi connectivity index (χ4v) is 1.55. The Morgan fingerprint density at radius 1 is 1.29 bits per heavy atom. The van der Waals surface area contributed by atoms with Crippen LogP contribution in [0.1, 0.15) is 12.0 Å².